The van der Waals surface area contributed by atoms with Gasteiger partial charge >= 0.3 is 0 Å². The third-order valence-electron chi connectivity index (χ3n) is 4.56. The first kappa shape index (κ1) is 24.3. The van der Waals surface area contributed by atoms with E-state index in [2.05, 4.69) is 10.0 Å². The minimum absolute atomic E-state index is 0.0144. The summed E-state index contributed by atoms with van der Waals surface area (Å²) in [7, 11) is -7.70. The van der Waals surface area contributed by atoms with Gasteiger partial charge in [0.25, 0.3) is 5.91 Å². The van der Waals surface area contributed by atoms with Gasteiger partial charge in [-0.1, -0.05) is 18.2 Å². The maximum Gasteiger partial charge on any atom is 0.257 e. The van der Waals surface area contributed by atoms with Gasteiger partial charge in [-0.3, -0.25) is 4.79 Å². The lowest BCUT2D eigenvalue weighted by atomic mass is 10.1. The van der Waals surface area contributed by atoms with Crippen molar-refractivity contribution < 1.29 is 26.4 Å². The van der Waals surface area contributed by atoms with E-state index in [-0.39, 0.29) is 47.3 Å². The predicted molar refractivity (Wildman–Crippen MR) is 120 cm³/mol. The zero-order valence-corrected chi connectivity index (χ0v) is 19.8. The van der Waals surface area contributed by atoms with E-state index in [1.54, 1.807) is 32.9 Å². The van der Waals surface area contributed by atoms with E-state index in [4.69, 9.17) is 4.74 Å². The Bertz CT molecular complexity index is 1200. The second kappa shape index (κ2) is 9.28. The van der Waals surface area contributed by atoms with E-state index < -0.39 is 31.5 Å². The zero-order chi connectivity index (χ0) is 23.6. The number of morpholine rings is 1. The van der Waals surface area contributed by atoms with Crippen LogP contribution < -0.4 is 10.0 Å². The molecule has 0 aliphatic carbocycles. The molecule has 1 amide bonds. The Morgan fingerprint density at radius 3 is 2.28 bits per heavy atom. The Labute approximate surface area is 188 Å². The van der Waals surface area contributed by atoms with E-state index >= 15 is 0 Å². The third-order valence-corrected chi connectivity index (χ3v) is 8.27. The lowest BCUT2D eigenvalue weighted by Gasteiger charge is -2.26. The fourth-order valence-corrected chi connectivity index (χ4v) is 6.27. The third kappa shape index (κ3) is 5.73. The number of carbonyl (C=O) groups is 1. The molecule has 0 unspecified atom stereocenters. The molecule has 11 heteroatoms. The number of rotatable bonds is 6. The van der Waals surface area contributed by atoms with Gasteiger partial charge in [-0.2, -0.15) is 4.31 Å². The van der Waals surface area contributed by atoms with Gasteiger partial charge in [0.1, 0.15) is 0 Å². The molecule has 0 atom stereocenters. The van der Waals surface area contributed by atoms with Gasteiger partial charge in [0.2, 0.25) is 20.0 Å². The van der Waals surface area contributed by atoms with Crippen LogP contribution in [-0.4, -0.2) is 58.9 Å². The summed E-state index contributed by atoms with van der Waals surface area (Å²) in [5, 5.41) is 2.61. The molecule has 3 rings (SSSR count). The van der Waals surface area contributed by atoms with Gasteiger partial charge < -0.3 is 10.1 Å². The van der Waals surface area contributed by atoms with E-state index in [0.29, 0.717) is 0 Å². The molecular formula is C21H27N3O6S2. The van der Waals surface area contributed by atoms with Crippen LogP contribution >= 0.6 is 0 Å². The van der Waals surface area contributed by atoms with Crippen LogP contribution in [0.1, 0.15) is 31.1 Å². The van der Waals surface area contributed by atoms with E-state index in [9.17, 15) is 21.6 Å². The Kier molecular flexibility index (Phi) is 7.06. The molecule has 0 spiro atoms. The molecular weight excluding hydrogens is 454 g/mol. The molecule has 2 aromatic carbocycles. The zero-order valence-electron chi connectivity index (χ0n) is 18.2. The summed E-state index contributed by atoms with van der Waals surface area (Å²) in [6, 6.07) is 11.7. The first-order chi connectivity index (χ1) is 14.9. The van der Waals surface area contributed by atoms with Crippen LogP contribution in [0.15, 0.2) is 58.3 Å². The Morgan fingerprint density at radius 1 is 0.969 bits per heavy atom. The summed E-state index contributed by atoms with van der Waals surface area (Å²) < 4.78 is 60.4. The van der Waals surface area contributed by atoms with Crippen molar-refractivity contribution in [2.45, 2.75) is 36.1 Å². The molecule has 1 aliphatic heterocycles. The van der Waals surface area contributed by atoms with Crippen molar-refractivity contribution in [1.82, 2.24) is 9.03 Å². The van der Waals surface area contributed by atoms with Crippen molar-refractivity contribution in [3.05, 3.63) is 54.1 Å². The molecule has 0 bridgehead atoms. The molecule has 0 saturated carbocycles. The average molecular weight is 482 g/mol. The highest BCUT2D eigenvalue weighted by atomic mass is 32.2. The summed E-state index contributed by atoms with van der Waals surface area (Å²) in [4.78, 5) is 12.8. The average Bonchev–Trinajstić information content (AvgIpc) is 2.73. The summed E-state index contributed by atoms with van der Waals surface area (Å²) in [5.41, 5.74) is -0.476. The Balaban J connectivity index is 1.88. The maximum atomic E-state index is 13.1. The van der Waals surface area contributed by atoms with Gasteiger partial charge in [0.15, 0.2) is 0 Å². The van der Waals surface area contributed by atoms with E-state index in [1.165, 1.54) is 40.7 Å². The number of hydrogen-bond acceptors (Lipinski definition) is 6. The van der Waals surface area contributed by atoms with Crippen LogP contribution in [0, 0.1) is 0 Å². The van der Waals surface area contributed by atoms with Crippen molar-refractivity contribution in [2.75, 3.05) is 31.6 Å². The second-order valence-corrected chi connectivity index (χ2v) is 11.9. The summed E-state index contributed by atoms with van der Waals surface area (Å²) >= 11 is 0. The number of carbonyl (C=O) groups excluding carboxylic acids is 1. The Hall–Kier alpha value is -2.31. The van der Waals surface area contributed by atoms with Gasteiger partial charge in [-0.15, -0.1) is 0 Å². The first-order valence-electron chi connectivity index (χ1n) is 10.0. The molecule has 9 nitrogen and oxygen atoms in total. The highest BCUT2D eigenvalue weighted by Gasteiger charge is 2.30. The van der Waals surface area contributed by atoms with Crippen LogP contribution in [0.5, 0.6) is 0 Å². The van der Waals surface area contributed by atoms with Crippen molar-refractivity contribution >= 4 is 31.6 Å². The second-order valence-electron chi connectivity index (χ2n) is 8.35. The number of benzene rings is 2. The van der Waals surface area contributed by atoms with Gasteiger partial charge in [-0.05, 0) is 51.1 Å². The van der Waals surface area contributed by atoms with Crippen molar-refractivity contribution in [3.63, 3.8) is 0 Å². The first-order valence-corrected chi connectivity index (χ1v) is 12.9. The molecule has 2 aromatic rings. The fraction of sp³-hybridized carbons (Fsp3) is 0.381. The van der Waals surface area contributed by atoms with Gasteiger partial charge in [-0.25, -0.2) is 21.6 Å². The van der Waals surface area contributed by atoms with Crippen LogP contribution in [0.25, 0.3) is 0 Å². The van der Waals surface area contributed by atoms with E-state index in [1.807, 2.05) is 0 Å². The predicted octanol–water partition coefficient (Wildman–Crippen LogP) is 2.04. The molecule has 0 radical (unpaired) electrons. The van der Waals surface area contributed by atoms with Crippen molar-refractivity contribution in [1.29, 1.82) is 0 Å². The van der Waals surface area contributed by atoms with Crippen LogP contribution in [-0.2, 0) is 24.8 Å². The SMILES string of the molecule is CC(C)(C)NS(=O)(=O)c1cccc(NC(=O)c2ccccc2S(=O)(=O)N2CCOCC2)c1. The van der Waals surface area contributed by atoms with Crippen molar-refractivity contribution in [3.8, 4) is 0 Å². The quantitative estimate of drug-likeness (QED) is 0.651. The molecule has 174 valence electrons. The molecule has 2 N–H and O–H groups in total. The maximum absolute atomic E-state index is 13.1. The molecule has 1 aliphatic rings. The van der Waals surface area contributed by atoms with Gasteiger partial charge in [0, 0.05) is 24.3 Å². The number of amides is 1. The molecule has 32 heavy (non-hydrogen) atoms. The topological polar surface area (TPSA) is 122 Å². The van der Waals surface area contributed by atoms with Gasteiger partial charge in [0.05, 0.1) is 28.6 Å². The largest absolute Gasteiger partial charge is 0.379 e. The number of anilines is 1. The molecule has 0 aromatic heterocycles. The molecule has 1 fully saturated rings. The number of hydrogen-bond donors (Lipinski definition) is 2. The molecule has 1 heterocycles. The van der Waals surface area contributed by atoms with Crippen LogP contribution in [0.3, 0.4) is 0 Å². The molecule has 1 saturated heterocycles. The number of nitrogens with zero attached hydrogens (tertiary/aromatic N) is 1. The summed E-state index contributed by atoms with van der Waals surface area (Å²) in [5.74, 6) is -0.657. The number of ether oxygens (including phenoxy) is 1. The highest BCUT2D eigenvalue weighted by molar-refractivity contribution is 7.89. The van der Waals surface area contributed by atoms with Crippen LogP contribution in [0.4, 0.5) is 5.69 Å². The lowest BCUT2D eigenvalue weighted by molar-refractivity contribution is 0.0730. The number of nitrogens with one attached hydrogen (secondary N) is 2. The standard InChI is InChI=1S/C21H27N3O6S2/c1-21(2,3)23-31(26,27)17-8-6-7-16(15-17)22-20(25)18-9-4-5-10-19(18)32(28,29)24-11-13-30-14-12-24/h4-10,15,23H,11-14H2,1-3H3,(H,22,25). The normalized spacial score (nSPS) is 16.0. The van der Waals surface area contributed by atoms with Crippen molar-refractivity contribution in [2.24, 2.45) is 0 Å². The smallest absolute Gasteiger partial charge is 0.257 e. The monoisotopic (exact) mass is 481 g/mol. The lowest BCUT2D eigenvalue weighted by Crippen LogP contribution is -2.41. The highest BCUT2D eigenvalue weighted by Crippen LogP contribution is 2.23. The Morgan fingerprint density at radius 2 is 1.62 bits per heavy atom. The van der Waals surface area contributed by atoms with Crippen LogP contribution in [0.2, 0.25) is 0 Å². The summed E-state index contributed by atoms with van der Waals surface area (Å²) in [6.45, 7) is 6.17. The fourth-order valence-electron chi connectivity index (χ4n) is 3.21. The number of sulfonamides is 2. The minimum Gasteiger partial charge on any atom is -0.379 e. The van der Waals surface area contributed by atoms with E-state index in [0.717, 1.165) is 0 Å². The minimum atomic E-state index is -3.90. The summed E-state index contributed by atoms with van der Waals surface area (Å²) in [6.07, 6.45) is 0.